The lowest BCUT2D eigenvalue weighted by Gasteiger charge is -2.59. The molecule has 0 radical (unpaired) electrons. The van der Waals surface area contributed by atoms with Crippen molar-refractivity contribution in [2.24, 2.45) is 34.5 Å². The van der Waals surface area contributed by atoms with E-state index in [9.17, 15) is 14.4 Å². The van der Waals surface area contributed by atoms with Gasteiger partial charge >= 0.3 is 11.9 Å². The Kier molecular flexibility index (Phi) is 5.61. The average molecular weight is 417 g/mol. The van der Waals surface area contributed by atoms with Crippen molar-refractivity contribution in [3.05, 3.63) is 11.6 Å². The van der Waals surface area contributed by atoms with Gasteiger partial charge in [0.2, 0.25) is 0 Å². The van der Waals surface area contributed by atoms with Crippen molar-refractivity contribution in [3.63, 3.8) is 0 Å². The second-order valence-corrected chi connectivity index (χ2v) is 10.9. The van der Waals surface area contributed by atoms with Crippen molar-refractivity contribution in [2.45, 2.75) is 91.1 Å². The topological polar surface area (TPSA) is 80.7 Å². The van der Waals surface area contributed by atoms with Crippen molar-refractivity contribution in [2.75, 3.05) is 0 Å². The summed E-state index contributed by atoms with van der Waals surface area (Å²) in [5.41, 5.74) is 1.55. The van der Waals surface area contributed by atoms with Gasteiger partial charge in [-0.25, -0.2) is 0 Å². The number of aliphatic carboxylic acids is 1. The van der Waals surface area contributed by atoms with Crippen LogP contribution in [0.2, 0.25) is 0 Å². The Morgan fingerprint density at radius 2 is 1.90 bits per heavy atom. The van der Waals surface area contributed by atoms with Crippen LogP contribution in [0.5, 0.6) is 0 Å². The van der Waals surface area contributed by atoms with Crippen LogP contribution in [0.25, 0.3) is 0 Å². The van der Waals surface area contributed by atoms with Gasteiger partial charge in [-0.15, -0.1) is 0 Å². The predicted octanol–water partition coefficient (Wildman–Crippen LogP) is 4.93. The zero-order valence-electron chi connectivity index (χ0n) is 18.6. The Bertz CT molecular complexity index is 770. The molecule has 0 saturated heterocycles. The van der Waals surface area contributed by atoms with Crippen molar-refractivity contribution < 1.29 is 24.2 Å². The van der Waals surface area contributed by atoms with E-state index in [0.29, 0.717) is 42.3 Å². The van der Waals surface area contributed by atoms with Crippen molar-refractivity contribution in [1.82, 2.24) is 0 Å². The molecule has 0 aromatic carbocycles. The Morgan fingerprint density at radius 3 is 2.63 bits per heavy atom. The molecular weight excluding hydrogens is 380 g/mol. The number of carboxylic acids is 1. The van der Waals surface area contributed by atoms with Gasteiger partial charge in [-0.3, -0.25) is 14.4 Å². The van der Waals surface area contributed by atoms with Crippen LogP contribution in [0, 0.1) is 34.5 Å². The Balaban J connectivity index is 1.49. The zero-order chi connectivity index (χ0) is 21.7. The van der Waals surface area contributed by atoms with Crippen molar-refractivity contribution in [3.8, 4) is 0 Å². The molecule has 0 amide bonds. The fourth-order valence-corrected chi connectivity index (χ4v) is 7.65. The summed E-state index contributed by atoms with van der Waals surface area (Å²) in [6.07, 6.45) is 9.35. The van der Waals surface area contributed by atoms with Crippen LogP contribution in [0.15, 0.2) is 11.6 Å². The third kappa shape index (κ3) is 3.52. The van der Waals surface area contributed by atoms with E-state index in [0.717, 1.165) is 38.5 Å². The second-order valence-electron chi connectivity index (χ2n) is 10.9. The molecule has 7 atom stereocenters. The monoisotopic (exact) mass is 416 g/mol. The Morgan fingerprint density at radius 1 is 1.13 bits per heavy atom. The van der Waals surface area contributed by atoms with Crippen LogP contribution in [0.1, 0.15) is 85.0 Å². The molecule has 4 rings (SSSR count). The van der Waals surface area contributed by atoms with Gasteiger partial charge in [0.1, 0.15) is 6.10 Å². The lowest BCUT2D eigenvalue weighted by atomic mass is 9.45. The van der Waals surface area contributed by atoms with E-state index >= 15 is 0 Å². The van der Waals surface area contributed by atoms with Gasteiger partial charge in [0.05, 0.1) is 0 Å². The summed E-state index contributed by atoms with van der Waals surface area (Å²) in [4.78, 5) is 35.1. The number of allylic oxidation sites excluding steroid dienone is 1. The summed E-state index contributed by atoms with van der Waals surface area (Å²) in [5.74, 6) is 1.52. The highest BCUT2D eigenvalue weighted by atomic mass is 16.5. The number of ketones is 1. The number of rotatable bonds is 5. The minimum absolute atomic E-state index is 0.0118. The molecule has 0 spiro atoms. The highest BCUT2D eigenvalue weighted by Gasteiger charge is 2.61. The molecule has 30 heavy (non-hydrogen) atoms. The number of hydrogen-bond acceptors (Lipinski definition) is 4. The number of carbonyl (C=O) groups is 3. The molecule has 0 aromatic rings. The second kappa shape index (κ2) is 7.80. The van der Waals surface area contributed by atoms with Gasteiger partial charge in [0.25, 0.3) is 0 Å². The first kappa shape index (κ1) is 21.6. The van der Waals surface area contributed by atoms with E-state index in [-0.39, 0.29) is 35.7 Å². The normalized spacial score (nSPS) is 42.6. The third-order valence-electron chi connectivity index (χ3n) is 9.27. The number of ether oxygens (including phenoxy) is 1. The van der Waals surface area contributed by atoms with Gasteiger partial charge in [-0.2, -0.15) is 0 Å². The molecule has 4 aliphatic carbocycles. The highest BCUT2D eigenvalue weighted by Crippen LogP contribution is 2.66. The summed E-state index contributed by atoms with van der Waals surface area (Å²) >= 11 is 0. The van der Waals surface area contributed by atoms with Gasteiger partial charge in [0, 0.05) is 24.7 Å². The molecule has 3 saturated carbocycles. The Hall–Kier alpha value is -1.65. The number of esters is 1. The fourth-order valence-electron chi connectivity index (χ4n) is 7.65. The number of hydrogen-bond donors (Lipinski definition) is 1. The van der Waals surface area contributed by atoms with E-state index in [1.807, 2.05) is 6.08 Å². The van der Waals surface area contributed by atoms with E-state index in [1.165, 1.54) is 5.57 Å². The molecule has 4 aliphatic rings. The van der Waals surface area contributed by atoms with Crippen molar-refractivity contribution >= 4 is 17.7 Å². The van der Waals surface area contributed by atoms with Crippen LogP contribution in [0.4, 0.5) is 0 Å². The highest BCUT2D eigenvalue weighted by molar-refractivity contribution is 5.91. The predicted molar refractivity (Wildman–Crippen MR) is 113 cm³/mol. The minimum Gasteiger partial charge on any atom is -0.481 e. The molecule has 5 heteroatoms. The van der Waals surface area contributed by atoms with Gasteiger partial charge < -0.3 is 9.84 Å². The van der Waals surface area contributed by atoms with Gasteiger partial charge in [-0.1, -0.05) is 26.3 Å². The maximum absolute atomic E-state index is 12.4. The largest absolute Gasteiger partial charge is 0.481 e. The quantitative estimate of drug-likeness (QED) is 0.643. The zero-order valence-corrected chi connectivity index (χ0v) is 18.6. The maximum Gasteiger partial charge on any atom is 0.306 e. The molecule has 0 aromatic heterocycles. The lowest BCUT2D eigenvalue weighted by molar-refractivity contribution is -0.161. The smallest absolute Gasteiger partial charge is 0.306 e. The SMILES string of the molecule is C[C@@H]1CC2=CC(=O)CC[C@]2(C)C2CC[C@@]3(C)C(CC[C@@H]3OC(=O)CCCC(=O)O)C21. The summed E-state index contributed by atoms with van der Waals surface area (Å²) in [6.45, 7) is 7.07. The van der Waals surface area contributed by atoms with Gasteiger partial charge in [0.15, 0.2) is 5.78 Å². The molecule has 3 fully saturated rings. The average Bonchev–Trinajstić information content (AvgIpc) is 2.99. The van der Waals surface area contributed by atoms with Crippen LogP contribution in [-0.2, 0) is 19.1 Å². The van der Waals surface area contributed by atoms with Crippen LogP contribution in [0.3, 0.4) is 0 Å². The Labute approximate surface area is 179 Å². The lowest BCUT2D eigenvalue weighted by Crippen LogP contribution is -2.54. The molecule has 166 valence electrons. The maximum atomic E-state index is 12.4. The van der Waals surface area contributed by atoms with Crippen molar-refractivity contribution in [1.29, 1.82) is 0 Å². The molecule has 3 unspecified atom stereocenters. The summed E-state index contributed by atoms with van der Waals surface area (Å²) in [7, 11) is 0. The van der Waals surface area contributed by atoms with E-state index < -0.39 is 5.97 Å². The molecule has 1 N–H and O–H groups in total. The molecule has 0 heterocycles. The number of fused-ring (bicyclic) bond motifs is 5. The first-order chi connectivity index (χ1) is 14.1. The summed E-state index contributed by atoms with van der Waals surface area (Å²) in [5, 5.41) is 8.78. The van der Waals surface area contributed by atoms with E-state index in [1.54, 1.807) is 0 Å². The third-order valence-corrected chi connectivity index (χ3v) is 9.27. The molecule has 0 bridgehead atoms. The minimum atomic E-state index is -0.869. The molecule has 5 nitrogen and oxygen atoms in total. The summed E-state index contributed by atoms with van der Waals surface area (Å²) in [6, 6.07) is 0. The number of carbonyl (C=O) groups excluding carboxylic acids is 2. The van der Waals surface area contributed by atoms with Crippen LogP contribution < -0.4 is 0 Å². The van der Waals surface area contributed by atoms with E-state index in [2.05, 4.69) is 20.8 Å². The van der Waals surface area contributed by atoms with Crippen LogP contribution >= 0.6 is 0 Å². The first-order valence-corrected chi connectivity index (χ1v) is 11.8. The molecule has 0 aliphatic heterocycles. The summed E-state index contributed by atoms with van der Waals surface area (Å²) < 4.78 is 5.94. The fraction of sp³-hybridized carbons (Fsp3) is 0.800. The molecular formula is C25H36O5. The van der Waals surface area contributed by atoms with Crippen LogP contribution in [-0.4, -0.2) is 28.9 Å². The standard InChI is InChI=1S/C25H36O5/c1-15-13-16-14-17(26)9-11-24(16,2)19-10-12-25(3)18(23(15)19)7-8-20(25)30-22(29)6-4-5-21(27)28/h14-15,18-20,23H,4-13H2,1-3H3,(H,27,28)/t15-,18?,19?,20+,23?,24+,25+/m1/s1. The number of carboxylic acid groups (broad SMARTS) is 1. The van der Waals surface area contributed by atoms with E-state index in [4.69, 9.17) is 9.84 Å². The first-order valence-electron chi connectivity index (χ1n) is 11.8. The van der Waals surface area contributed by atoms with Gasteiger partial charge in [-0.05, 0) is 80.1 Å².